The molecule has 15 heteroatoms. The SMILES string of the molecule is C=C(C)C(=O)OCCC[Si](CCCNC(=O)OCCN1CCN=C1C(C)(C)N=NC(C)(C)C1=NCCN1CCO)(OC)OC. The third-order valence-corrected chi connectivity index (χ3v) is 11.2. The average Bonchev–Trinajstić information content (AvgIpc) is 3.66. The van der Waals surface area contributed by atoms with Gasteiger partial charge in [0.2, 0.25) is 0 Å². The van der Waals surface area contributed by atoms with Gasteiger partial charge >= 0.3 is 20.6 Å². The highest BCUT2D eigenvalue weighted by molar-refractivity contribution is 6.67. The Morgan fingerprint density at radius 3 is 2.00 bits per heavy atom. The van der Waals surface area contributed by atoms with Gasteiger partial charge in [0.1, 0.15) is 29.4 Å². The predicted molar refractivity (Wildman–Crippen MR) is 172 cm³/mol. The van der Waals surface area contributed by atoms with Crippen molar-refractivity contribution in [2.24, 2.45) is 20.2 Å². The Labute approximate surface area is 263 Å². The Bertz CT molecular complexity index is 1060. The van der Waals surface area contributed by atoms with Gasteiger partial charge in [-0.3, -0.25) is 9.98 Å². The van der Waals surface area contributed by atoms with Crippen LogP contribution < -0.4 is 5.32 Å². The van der Waals surface area contributed by atoms with Crippen molar-refractivity contribution in [3.63, 3.8) is 0 Å². The molecule has 0 aromatic rings. The molecule has 0 atom stereocenters. The fraction of sp³-hybridized carbons (Fsp3) is 0.793. The number of alkyl carbamates (subject to hydrolysis) is 1. The van der Waals surface area contributed by atoms with E-state index in [1.54, 1.807) is 21.1 Å². The van der Waals surface area contributed by atoms with Crippen LogP contribution in [0, 0.1) is 0 Å². The normalized spacial score (nSPS) is 15.9. The van der Waals surface area contributed by atoms with Crippen molar-refractivity contribution in [3.05, 3.63) is 12.2 Å². The molecule has 2 heterocycles. The molecule has 44 heavy (non-hydrogen) atoms. The summed E-state index contributed by atoms with van der Waals surface area (Å²) in [6.45, 7) is 17.9. The van der Waals surface area contributed by atoms with Gasteiger partial charge in [-0.25, -0.2) is 9.59 Å². The number of amidine groups is 2. The first-order chi connectivity index (χ1) is 20.8. The average molecular weight is 640 g/mol. The van der Waals surface area contributed by atoms with E-state index in [4.69, 9.17) is 18.3 Å². The second-order valence-corrected chi connectivity index (χ2v) is 15.6. The second kappa shape index (κ2) is 17.6. The Balaban J connectivity index is 1.76. The van der Waals surface area contributed by atoms with Crippen LogP contribution in [0.5, 0.6) is 0 Å². The smallest absolute Gasteiger partial charge is 0.407 e. The summed E-state index contributed by atoms with van der Waals surface area (Å²) in [5.41, 5.74) is -0.947. The highest BCUT2D eigenvalue weighted by Crippen LogP contribution is 2.25. The molecule has 250 valence electrons. The number of aliphatic hydroxyl groups is 1. The molecule has 0 saturated heterocycles. The number of carbonyl (C=O) groups is 2. The molecule has 0 fully saturated rings. The fourth-order valence-corrected chi connectivity index (χ4v) is 7.75. The van der Waals surface area contributed by atoms with E-state index in [0.717, 1.165) is 18.2 Å². The second-order valence-electron chi connectivity index (χ2n) is 11.9. The molecule has 0 aromatic heterocycles. The topological polar surface area (TPSA) is 159 Å². The van der Waals surface area contributed by atoms with Gasteiger partial charge in [-0.15, -0.1) is 0 Å². The lowest BCUT2D eigenvalue weighted by atomic mass is 10.0. The van der Waals surface area contributed by atoms with Crippen LogP contribution >= 0.6 is 0 Å². The first-order valence-electron chi connectivity index (χ1n) is 15.3. The molecular formula is C29H53N7O7Si. The lowest BCUT2D eigenvalue weighted by molar-refractivity contribution is -0.138. The van der Waals surface area contributed by atoms with E-state index in [2.05, 4.69) is 37.0 Å². The Kier molecular flexibility index (Phi) is 14.9. The number of hydrogen-bond acceptors (Lipinski definition) is 13. The lowest BCUT2D eigenvalue weighted by Gasteiger charge is -2.31. The Morgan fingerprint density at radius 2 is 1.48 bits per heavy atom. The number of β-amino-alcohol motifs (C(OH)–C–C–N with tert-alkyl or cyclic N) is 1. The maximum absolute atomic E-state index is 12.3. The number of esters is 1. The minimum atomic E-state index is -2.48. The molecular weight excluding hydrogens is 586 g/mol. The summed E-state index contributed by atoms with van der Waals surface area (Å²) in [7, 11) is 0.787. The largest absolute Gasteiger partial charge is 0.462 e. The molecule has 0 saturated carbocycles. The predicted octanol–water partition coefficient (Wildman–Crippen LogP) is 2.78. The molecule has 0 radical (unpaired) electrons. The third kappa shape index (κ3) is 11.2. The van der Waals surface area contributed by atoms with E-state index < -0.39 is 31.7 Å². The molecule has 0 unspecified atom stereocenters. The van der Waals surface area contributed by atoms with E-state index in [1.807, 2.05) is 32.6 Å². The molecule has 2 rings (SSSR count). The van der Waals surface area contributed by atoms with Crippen molar-refractivity contribution in [2.75, 3.05) is 79.9 Å². The zero-order chi connectivity index (χ0) is 32.8. The maximum atomic E-state index is 12.3. The van der Waals surface area contributed by atoms with Crippen molar-refractivity contribution in [1.82, 2.24) is 15.1 Å². The zero-order valence-corrected chi connectivity index (χ0v) is 28.7. The Morgan fingerprint density at radius 1 is 0.932 bits per heavy atom. The first kappa shape index (κ1) is 37.3. The summed E-state index contributed by atoms with van der Waals surface area (Å²) in [5, 5.41) is 21.5. The zero-order valence-electron chi connectivity index (χ0n) is 27.7. The number of aliphatic hydroxyl groups excluding tert-OH is 1. The van der Waals surface area contributed by atoms with E-state index in [1.165, 1.54) is 0 Å². The van der Waals surface area contributed by atoms with Crippen LogP contribution in [0.25, 0.3) is 0 Å². The molecule has 0 aromatic carbocycles. The number of rotatable bonds is 20. The van der Waals surface area contributed by atoms with Crippen LogP contribution in [0.1, 0.15) is 47.5 Å². The van der Waals surface area contributed by atoms with Gasteiger partial charge in [-0.2, -0.15) is 10.2 Å². The fourth-order valence-electron chi connectivity index (χ4n) is 5.12. The van der Waals surface area contributed by atoms with Crippen LogP contribution in [0.4, 0.5) is 4.79 Å². The van der Waals surface area contributed by atoms with Gasteiger partial charge in [-0.1, -0.05) is 6.58 Å². The van der Waals surface area contributed by atoms with Crippen molar-refractivity contribution in [1.29, 1.82) is 0 Å². The van der Waals surface area contributed by atoms with Crippen LogP contribution in [0.15, 0.2) is 32.4 Å². The molecule has 0 aliphatic carbocycles. The van der Waals surface area contributed by atoms with Crippen molar-refractivity contribution in [3.8, 4) is 0 Å². The van der Waals surface area contributed by atoms with Crippen LogP contribution in [-0.4, -0.2) is 138 Å². The van der Waals surface area contributed by atoms with E-state index in [9.17, 15) is 14.7 Å². The summed E-state index contributed by atoms with van der Waals surface area (Å²) in [6.07, 6.45) is 0.803. The maximum Gasteiger partial charge on any atom is 0.407 e. The number of ether oxygens (including phenoxy) is 2. The van der Waals surface area contributed by atoms with Gasteiger partial charge in [0.15, 0.2) is 0 Å². The van der Waals surface area contributed by atoms with Crippen molar-refractivity contribution < 1.29 is 33.0 Å². The molecule has 1 amide bonds. The highest BCUT2D eigenvalue weighted by atomic mass is 28.4. The van der Waals surface area contributed by atoms with Gasteiger partial charge in [-0.05, 0) is 59.5 Å². The lowest BCUT2D eigenvalue weighted by Crippen LogP contribution is -2.45. The summed E-state index contributed by atoms with van der Waals surface area (Å²) >= 11 is 0. The van der Waals surface area contributed by atoms with Gasteiger partial charge in [0.25, 0.3) is 0 Å². The van der Waals surface area contributed by atoms with Crippen molar-refractivity contribution in [2.45, 2.75) is 70.6 Å². The molecule has 2 aliphatic rings. The third-order valence-electron chi connectivity index (χ3n) is 7.50. The van der Waals surface area contributed by atoms with Crippen LogP contribution in [0.2, 0.25) is 12.1 Å². The standard InChI is InChI=1S/C29H53N7O7Si/c1-23(2)24(38)42-19-10-22-44(40-7,41-8)21-9-11-32-27(39)43-20-17-36-15-13-31-26(36)29(5,6)34-33-28(3,4)25-30-12-14-35(25)16-18-37/h37H,1,9-22H2,2-8H3,(H,32,39). The van der Waals surface area contributed by atoms with Crippen molar-refractivity contribution >= 4 is 32.3 Å². The number of nitrogens with zero attached hydrogens (tertiary/aromatic N) is 6. The number of nitrogens with one attached hydrogen (secondary N) is 1. The summed E-state index contributed by atoms with van der Waals surface area (Å²) in [6, 6.07) is 1.34. The number of carbonyl (C=O) groups excluding carboxylic acids is 2. The minimum Gasteiger partial charge on any atom is -0.462 e. The van der Waals surface area contributed by atoms with E-state index in [-0.39, 0.29) is 19.8 Å². The summed E-state index contributed by atoms with van der Waals surface area (Å²) in [4.78, 5) is 37.3. The van der Waals surface area contributed by atoms with E-state index in [0.29, 0.717) is 69.8 Å². The van der Waals surface area contributed by atoms with E-state index >= 15 is 0 Å². The number of amides is 1. The molecule has 0 spiro atoms. The van der Waals surface area contributed by atoms with Gasteiger partial charge in [0.05, 0.1) is 32.8 Å². The molecule has 2 aliphatic heterocycles. The molecule has 14 nitrogen and oxygen atoms in total. The van der Waals surface area contributed by atoms with Gasteiger partial charge < -0.3 is 38.5 Å². The summed E-state index contributed by atoms with van der Waals surface area (Å²) < 4.78 is 22.1. The summed E-state index contributed by atoms with van der Waals surface area (Å²) in [5.74, 6) is 1.23. The van der Waals surface area contributed by atoms with Crippen LogP contribution in [-0.2, 0) is 23.1 Å². The number of hydrogen-bond donors (Lipinski definition) is 2. The number of aliphatic imine (C=N–C) groups is 2. The number of azo groups is 1. The molecule has 0 bridgehead atoms. The van der Waals surface area contributed by atoms with Gasteiger partial charge in [0, 0.05) is 46.0 Å². The Hall–Kier alpha value is -2.88. The first-order valence-corrected chi connectivity index (χ1v) is 17.5. The monoisotopic (exact) mass is 639 g/mol. The molecule has 2 N–H and O–H groups in total. The highest BCUT2D eigenvalue weighted by Gasteiger charge is 2.37. The minimum absolute atomic E-state index is 0.0608. The quantitative estimate of drug-likeness (QED) is 0.0672. The van der Waals surface area contributed by atoms with Crippen LogP contribution in [0.3, 0.4) is 0 Å².